The second-order valence-corrected chi connectivity index (χ2v) is 10.7. The highest BCUT2D eigenvalue weighted by molar-refractivity contribution is 6.13. The molecule has 3 aromatic carbocycles. The highest BCUT2D eigenvalue weighted by Gasteiger charge is 2.49. The maximum atomic E-state index is 13.3. The molecule has 3 aliphatic rings. The number of aliphatic hydroxyl groups is 3. The SMILES string of the molecule is CC(=O)O[C@H]1[C@H](O)[C@@H](OC(C)=O)C(Oc2c3c(c(-c4ccc5c(c4)OCO5)c4cc(CO)c(CO)cc24)C(=O)OC3)O[C@@H]1C. The molecule has 6 rings (SSSR count). The van der Waals surface area contributed by atoms with Gasteiger partial charge in [-0.2, -0.15) is 0 Å². The van der Waals surface area contributed by atoms with Crippen LogP contribution in [0.5, 0.6) is 17.2 Å². The van der Waals surface area contributed by atoms with Gasteiger partial charge in [0, 0.05) is 30.4 Å². The maximum Gasteiger partial charge on any atom is 0.339 e. The average molecular weight is 611 g/mol. The first kappa shape index (κ1) is 29.6. The number of rotatable bonds is 7. The van der Waals surface area contributed by atoms with E-state index in [0.717, 1.165) is 6.92 Å². The Morgan fingerprint density at radius 3 is 2.23 bits per heavy atom. The van der Waals surface area contributed by atoms with Crippen LogP contribution in [0.15, 0.2) is 30.3 Å². The minimum atomic E-state index is -1.52. The lowest BCUT2D eigenvalue weighted by Gasteiger charge is -2.42. The molecule has 13 nitrogen and oxygen atoms in total. The Morgan fingerprint density at radius 2 is 1.55 bits per heavy atom. The summed E-state index contributed by atoms with van der Waals surface area (Å²) in [6.07, 6.45) is -6.41. The van der Waals surface area contributed by atoms with Crippen molar-refractivity contribution in [1.29, 1.82) is 0 Å². The summed E-state index contributed by atoms with van der Waals surface area (Å²) in [6.45, 7) is 2.95. The summed E-state index contributed by atoms with van der Waals surface area (Å²) in [5, 5.41) is 32.3. The Labute approximate surface area is 250 Å². The molecule has 3 N–H and O–H groups in total. The molecule has 13 heteroatoms. The summed E-state index contributed by atoms with van der Waals surface area (Å²) < 4.78 is 39.5. The number of carbonyl (C=O) groups excluding carboxylic acids is 3. The maximum absolute atomic E-state index is 13.3. The number of hydrogen-bond donors (Lipinski definition) is 3. The van der Waals surface area contributed by atoms with E-state index in [0.29, 0.717) is 50.1 Å². The molecular weight excluding hydrogens is 580 g/mol. The van der Waals surface area contributed by atoms with Gasteiger partial charge < -0.3 is 48.5 Å². The van der Waals surface area contributed by atoms with Crippen LogP contribution >= 0.6 is 0 Å². The van der Waals surface area contributed by atoms with Gasteiger partial charge in [0.25, 0.3) is 0 Å². The zero-order chi connectivity index (χ0) is 31.3. The van der Waals surface area contributed by atoms with Gasteiger partial charge in [0.15, 0.2) is 23.7 Å². The zero-order valence-corrected chi connectivity index (χ0v) is 24.0. The van der Waals surface area contributed by atoms with Crippen LogP contribution in [0.25, 0.3) is 21.9 Å². The van der Waals surface area contributed by atoms with E-state index in [9.17, 15) is 29.7 Å². The predicted molar refractivity (Wildman–Crippen MR) is 149 cm³/mol. The van der Waals surface area contributed by atoms with Crippen molar-refractivity contribution in [3.63, 3.8) is 0 Å². The Morgan fingerprint density at radius 1 is 0.886 bits per heavy atom. The van der Waals surface area contributed by atoms with Crippen LogP contribution in [-0.4, -0.2) is 70.7 Å². The highest BCUT2D eigenvalue weighted by Crippen LogP contribution is 2.48. The standard InChI is InChI=1S/C31H30O13/c1-13-27(42-14(2)34)26(36)29(43-15(3)35)31(41-13)44-28-20-7-18(10-33)17(9-32)6-19(20)24(25-21(28)11-38-30(25)37)16-4-5-22-23(8-16)40-12-39-22/h4-8,13,26-27,29,31-33,36H,9-12H2,1-3H3/t13-,26+,27-,29-,31?/m1/s1. The molecule has 0 saturated carbocycles. The fraction of sp³-hybridized carbons (Fsp3) is 0.387. The average Bonchev–Trinajstić information content (AvgIpc) is 3.62. The van der Waals surface area contributed by atoms with Crippen molar-refractivity contribution in [2.45, 2.75) is 71.3 Å². The number of aliphatic hydroxyl groups excluding tert-OH is 3. The lowest BCUT2D eigenvalue weighted by molar-refractivity contribution is -0.276. The van der Waals surface area contributed by atoms with Crippen LogP contribution in [0.4, 0.5) is 0 Å². The molecule has 0 aromatic heterocycles. The number of cyclic esters (lactones) is 1. The van der Waals surface area contributed by atoms with Gasteiger partial charge in [-0.15, -0.1) is 0 Å². The Bertz CT molecular complexity index is 1660. The van der Waals surface area contributed by atoms with Crippen LogP contribution in [0.1, 0.15) is 47.8 Å². The molecule has 0 radical (unpaired) electrons. The zero-order valence-electron chi connectivity index (χ0n) is 24.0. The van der Waals surface area contributed by atoms with Crippen LogP contribution < -0.4 is 14.2 Å². The molecule has 0 bridgehead atoms. The Hall–Kier alpha value is -4.43. The third-order valence-corrected chi connectivity index (χ3v) is 7.82. The quantitative estimate of drug-likeness (QED) is 0.262. The molecule has 5 atom stereocenters. The van der Waals surface area contributed by atoms with E-state index >= 15 is 0 Å². The van der Waals surface area contributed by atoms with E-state index in [1.807, 2.05) is 0 Å². The summed E-state index contributed by atoms with van der Waals surface area (Å²) in [7, 11) is 0. The topological polar surface area (TPSA) is 177 Å². The highest BCUT2D eigenvalue weighted by atomic mass is 16.7. The van der Waals surface area contributed by atoms with Crippen molar-refractivity contribution in [2.75, 3.05) is 6.79 Å². The van der Waals surface area contributed by atoms with E-state index in [1.54, 1.807) is 37.3 Å². The number of hydrogen-bond acceptors (Lipinski definition) is 13. The Kier molecular flexibility index (Phi) is 7.80. The van der Waals surface area contributed by atoms with Crippen molar-refractivity contribution in [3.8, 4) is 28.4 Å². The summed E-state index contributed by atoms with van der Waals surface area (Å²) in [5.74, 6) is -0.890. The summed E-state index contributed by atoms with van der Waals surface area (Å²) in [4.78, 5) is 37.1. The third kappa shape index (κ3) is 5.07. The summed E-state index contributed by atoms with van der Waals surface area (Å²) in [6, 6.07) is 8.50. The molecule has 0 spiro atoms. The normalized spacial score (nSPS) is 23.7. The summed E-state index contributed by atoms with van der Waals surface area (Å²) >= 11 is 0. The molecule has 1 saturated heterocycles. The molecule has 44 heavy (non-hydrogen) atoms. The molecular formula is C31H30O13. The van der Waals surface area contributed by atoms with Gasteiger partial charge in [0.1, 0.15) is 18.5 Å². The first-order chi connectivity index (χ1) is 21.1. The van der Waals surface area contributed by atoms with Crippen molar-refractivity contribution in [1.82, 2.24) is 0 Å². The number of ether oxygens (including phenoxy) is 7. The van der Waals surface area contributed by atoms with E-state index < -0.39 is 61.8 Å². The van der Waals surface area contributed by atoms with Gasteiger partial charge in [-0.25, -0.2) is 4.79 Å². The number of fused-ring (bicyclic) bond motifs is 3. The lowest BCUT2D eigenvalue weighted by Crippen LogP contribution is -2.60. The molecule has 1 unspecified atom stereocenters. The van der Waals surface area contributed by atoms with Crippen LogP contribution in [0, 0.1) is 0 Å². The first-order valence-electron chi connectivity index (χ1n) is 13.9. The van der Waals surface area contributed by atoms with E-state index in [1.165, 1.54) is 6.92 Å². The molecule has 1 fully saturated rings. The summed E-state index contributed by atoms with van der Waals surface area (Å²) in [5.41, 5.74) is 2.44. The molecule has 3 heterocycles. The van der Waals surface area contributed by atoms with Crippen molar-refractivity contribution in [2.24, 2.45) is 0 Å². The molecule has 232 valence electrons. The van der Waals surface area contributed by atoms with E-state index in [4.69, 9.17) is 33.2 Å². The van der Waals surface area contributed by atoms with Gasteiger partial charge in [-0.3, -0.25) is 9.59 Å². The van der Waals surface area contributed by atoms with Crippen LogP contribution in [0.2, 0.25) is 0 Å². The molecule has 3 aromatic rings. The van der Waals surface area contributed by atoms with E-state index in [-0.39, 0.29) is 24.7 Å². The second kappa shape index (κ2) is 11.6. The smallest absolute Gasteiger partial charge is 0.339 e. The lowest BCUT2D eigenvalue weighted by atomic mass is 9.87. The fourth-order valence-corrected chi connectivity index (χ4v) is 5.88. The largest absolute Gasteiger partial charge is 0.460 e. The molecule has 0 amide bonds. The van der Waals surface area contributed by atoms with Gasteiger partial charge in [0.05, 0.1) is 24.9 Å². The first-order valence-corrected chi connectivity index (χ1v) is 13.9. The Balaban J connectivity index is 1.55. The minimum absolute atomic E-state index is 0.0501. The fourth-order valence-electron chi connectivity index (χ4n) is 5.88. The van der Waals surface area contributed by atoms with Crippen LogP contribution in [-0.2, 0) is 48.4 Å². The number of benzene rings is 3. The van der Waals surface area contributed by atoms with Gasteiger partial charge in [-0.05, 0) is 53.3 Å². The van der Waals surface area contributed by atoms with Crippen molar-refractivity contribution >= 4 is 28.7 Å². The molecule has 0 aliphatic carbocycles. The van der Waals surface area contributed by atoms with E-state index in [2.05, 4.69) is 0 Å². The van der Waals surface area contributed by atoms with Gasteiger partial charge in [-0.1, -0.05) is 6.07 Å². The number of esters is 3. The predicted octanol–water partition coefficient (Wildman–Crippen LogP) is 2.24. The van der Waals surface area contributed by atoms with Gasteiger partial charge in [0.2, 0.25) is 13.1 Å². The monoisotopic (exact) mass is 610 g/mol. The van der Waals surface area contributed by atoms with Crippen molar-refractivity contribution in [3.05, 3.63) is 52.6 Å². The van der Waals surface area contributed by atoms with Gasteiger partial charge >= 0.3 is 17.9 Å². The number of carbonyl (C=O) groups is 3. The molecule has 3 aliphatic heterocycles. The minimum Gasteiger partial charge on any atom is -0.460 e. The van der Waals surface area contributed by atoms with Crippen LogP contribution in [0.3, 0.4) is 0 Å². The van der Waals surface area contributed by atoms with Crippen molar-refractivity contribution < 1.29 is 62.9 Å². The second-order valence-electron chi connectivity index (χ2n) is 10.7. The third-order valence-electron chi connectivity index (χ3n) is 7.82.